The van der Waals surface area contributed by atoms with Gasteiger partial charge >= 0.3 is 12.0 Å². The van der Waals surface area contributed by atoms with Crippen molar-refractivity contribution in [1.29, 1.82) is 0 Å². The third kappa shape index (κ3) is 3.31. The van der Waals surface area contributed by atoms with Crippen LogP contribution in [0.15, 0.2) is 18.2 Å². The number of amides is 3. The standard InChI is InChI=1S/C18H24N2O5/c1-10(2)25-15(21)12(4)20-16(22)18(5,19-17(20)23)13-7-8-14(24-6)11(3)9-13/h7-10,12H,1-6H3,(H,19,23). The number of nitrogens with one attached hydrogen (secondary N) is 1. The SMILES string of the molecule is COc1ccc(C2(C)NC(=O)N(C(C)C(=O)OC(C)C)C2=O)cc1C. The molecule has 1 heterocycles. The minimum Gasteiger partial charge on any atom is -0.496 e. The molecule has 7 heteroatoms. The van der Waals surface area contributed by atoms with Crippen LogP contribution in [-0.2, 0) is 19.9 Å². The van der Waals surface area contributed by atoms with Gasteiger partial charge in [0, 0.05) is 0 Å². The maximum Gasteiger partial charge on any atom is 0.329 e. The molecular formula is C18H24N2O5. The Labute approximate surface area is 147 Å². The predicted molar refractivity (Wildman–Crippen MR) is 91.2 cm³/mol. The van der Waals surface area contributed by atoms with Crippen LogP contribution in [0, 0.1) is 6.92 Å². The van der Waals surface area contributed by atoms with Gasteiger partial charge in [0.05, 0.1) is 13.2 Å². The van der Waals surface area contributed by atoms with Gasteiger partial charge in [-0.05, 0) is 57.9 Å². The molecule has 1 fully saturated rings. The van der Waals surface area contributed by atoms with Crippen LogP contribution in [0.5, 0.6) is 5.75 Å². The second-order valence-corrected chi connectivity index (χ2v) is 6.58. The molecule has 136 valence electrons. The van der Waals surface area contributed by atoms with Crippen LogP contribution in [0.25, 0.3) is 0 Å². The van der Waals surface area contributed by atoms with Gasteiger partial charge in [0.2, 0.25) is 0 Å². The summed E-state index contributed by atoms with van der Waals surface area (Å²) in [5.74, 6) is -0.418. The van der Waals surface area contributed by atoms with Crippen molar-refractivity contribution in [2.45, 2.75) is 52.3 Å². The Morgan fingerprint density at radius 3 is 2.40 bits per heavy atom. The van der Waals surface area contributed by atoms with Crippen LogP contribution < -0.4 is 10.1 Å². The quantitative estimate of drug-likeness (QED) is 0.651. The summed E-state index contributed by atoms with van der Waals surface area (Å²) in [5, 5.41) is 2.69. The fourth-order valence-corrected chi connectivity index (χ4v) is 2.83. The lowest BCUT2D eigenvalue weighted by Gasteiger charge is -2.25. The summed E-state index contributed by atoms with van der Waals surface area (Å²) in [7, 11) is 1.57. The highest BCUT2D eigenvalue weighted by atomic mass is 16.5. The van der Waals surface area contributed by atoms with Crippen LogP contribution in [0.4, 0.5) is 4.79 Å². The molecule has 25 heavy (non-hydrogen) atoms. The van der Waals surface area contributed by atoms with Gasteiger partial charge in [0.25, 0.3) is 5.91 Å². The molecule has 0 aromatic heterocycles. The van der Waals surface area contributed by atoms with E-state index in [1.54, 1.807) is 46.1 Å². The third-order valence-corrected chi connectivity index (χ3v) is 4.27. The average Bonchev–Trinajstić information content (AvgIpc) is 2.76. The van der Waals surface area contributed by atoms with Gasteiger partial charge in [-0.15, -0.1) is 0 Å². The van der Waals surface area contributed by atoms with Crippen LogP contribution in [-0.4, -0.2) is 42.1 Å². The van der Waals surface area contributed by atoms with Gasteiger partial charge < -0.3 is 14.8 Å². The number of ether oxygens (including phenoxy) is 2. The molecule has 1 aromatic rings. The van der Waals surface area contributed by atoms with Crippen LogP contribution in [0.1, 0.15) is 38.8 Å². The van der Waals surface area contributed by atoms with E-state index >= 15 is 0 Å². The van der Waals surface area contributed by atoms with E-state index in [0.717, 1.165) is 10.5 Å². The normalized spacial score (nSPS) is 21.3. The molecule has 7 nitrogen and oxygen atoms in total. The van der Waals surface area contributed by atoms with Gasteiger partial charge in [-0.25, -0.2) is 14.5 Å². The number of rotatable bonds is 5. The van der Waals surface area contributed by atoms with Crippen molar-refractivity contribution in [1.82, 2.24) is 10.2 Å². The number of methoxy groups -OCH3 is 1. The number of carbonyl (C=O) groups is 3. The lowest BCUT2D eigenvalue weighted by Crippen LogP contribution is -2.46. The summed E-state index contributed by atoms with van der Waals surface area (Å²) < 4.78 is 10.3. The summed E-state index contributed by atoms with van der Waals surface area (Å²) >= 11 is 0. The number of esters is 1. The van der Waals surface area contributed by atoms with Crippen LogP contribution >= 0.6 is 0 Å². The lowest BCUT2D eigenvalue weighted by molar-refractivity contribution is -0.155. The second kappa shape index (κ2) is 6.74. The number of urea groups is 1. The number of hydrogen-bond acceptors (Lipinski definition) is 5. The molecule has 3 amide bonds. The predicted octanol–water partition coefficient (Wildman–Crippen LogP) is 2.11. The van der Waals surface area contributed by atoms with Crippen molar-refractivity contribution in [2.75, 3.05) is 7.11 Å². The highest BCUT2D eigenvalue weighted by Crippen LogP contribution is 2.32. The molecule has 1 saturated heterocycles. The van der Waals surface area contributed by atoms with E-state index in [9.17, 15) is 14.4 Å². The highest BCUT2D eigenvalue weighted by Gasteiger charge is 2.52. The number of hydrogen-bond donors (Lipinski definition) is 1. The zero-order valence-electron chi connectivity index (χ0n) is 15.4. The van der Waals surface area contributed by atoms with Crippen molar-refractivity contribution in [2.24, 2.45) is 0 Å². The molecular weight excluding hydrogens is 324 g/mol. The van der Waals surface area contributed by atoms with Gasteiger partial charge in [-0.1, -0.05) is 6.07 Å². The van der Waals surface area contributed by atoms with E-state index in [-0.39, 0.29) is 6.10 Å². The maximum atomic E-state index is 12.9. The first-order valence-electron chi connectivity index (χ1n) is 8.13. The Bertz CT molecular complexity index is 715. The lowest BCUT2D eigenvalue weighted by atomic mass is 9.90. The van der Waals surface area contributed by atoms with Crippen molar-refractivity contribution in [3.8, 4) is 5.75 Å². The molecule has 0 radical (unpaired) electrons. The van der Waals surface area contributed by atoms with Crippen molar-refractivity contribution < 1.29 is 23.9 Å². The third-order valence-electron chi connectivity index (χ3n) is 4.27. The van der Waals surface area contributed by atoms with Gasteiger partial charge in [0.15, 0.2) is 0 Å². The van der Waals surface area contributed by atoms with Gasteiger partial charge in [0.1, 0.15) is 17.3 Å². The number of nitrogens with zero attached hydrogens (tertiary/aromatic N) is 1. The minimum absolute atomic E-state index is 0.327. The molecule has 0 spiro atoms. The van der Waals surface area contributed by atoms with E-state index < -0.39 is 29.5 Å². The van der Waals surface area contributed by atoms with Crippen molar-refractivity contribution >= 4 is 17.9 Å². The van der Waals surface area contributed by atoms with Crippen LogP contribution in [0.3, 0.4) is 0 Å². The fraction of sp³-hybridized carbons (Fsp3) is 0.500. The monoisotopic (exact) mass is 348 g/mol. The van der Waals surface area contributed by atoms with E-state index in [1.807, 2.05) is 6.92 Å². The molecule has 2 unspecified atom stereocenters. The second-order valence-electron chi connectivity index (χ2n) is 6.58. The Balaban J connectivity index is 2.33. The molecule has 0 bridgehead atoms. The summed E-state index contributed by atoms with van der Waals surface area (Å²) in [4.78, 5) is 38.3. The molecule has 2 atom stereocenters. The first-order valence-corrected chi connectivity index (χ1v) is 8.13. The number of benzene rings is 1. The van der Waals surface area contributed by atoms with Crippen molar-refractivity contribution in [3.05, 3.63) is 29.3 Å². The first-order chi connectivity index (χ1) is 11.6. The maximum absolute atomic E-state index is 12.9. The molecule has 2 rings (SSSR count). The Morgan fingerprint density at radius 2 is 1.88 bits per heavy atom. The van der Waals surface area contributed by atoms with E-state index in [4.69, 9.17) is 9.47 Å². The number of carbonyl (C=O) groups excluding carboxylic acids is 3. The number of imide groups is 1. The van der Waals surface area contributed by atoms with Gasteiger partial charge in [-0.2, -0.15) is 0 Å². The summed E-state index contributed by atoms with van der Waals surface area (Å²) in [6, 6.07) is 3.64. The Morgan fingerprint density at radius 1 is 1.24 bits per heavy atom. The fourth-order valence-electron chi connectivity index (χ4n) is 2.83. The summed E-state index contributed by atoms with van der Waals surface area (Å²) in [6.07, 6.45) is -0.327. The zero-order valence-corrected chi connectivity index (χ0v) is 15.4. The molecule has 1 aromatic carbocycles. The smallest absolute Gasteiger partial charge is 0.329 e. The molecule has 0 saturated carbocycles. The summed E-state index contributed by atoms with van der Waals surface area (Å²) in [5.41, 5.74) is 0.214. The van der Waals surface area contributed by atoms with E-state index in [2.05, 4.69) is 5.32 Å². The number of aryl methyl sites for hydroxylation is 1. The Hall–Kier alpha value is -2.57. The first kappa shape index (κ1) is 18.8. The van der Waals surface area contributed by atoms with Gasteiger partial charge in [-0.3, -0.25) is 4.79 Å². The largest absolute Gasteiger partial charge is 0.496 e. The van der Waals surface area contributed by atoms with Crippen LogP contribution in [0.2, 0.25) is 0 Å². The van der Waals surface area contributed by atoms with Crippen molar-refractivity contribution in [3.63, 3.8) is 0 Å². The molecule has 1 aliphatic heterocycles. The van der Waals surface area contributed by atoms with E-state index in [1.165, 1.54) is 6.92 Å². The minimum atomic E-state index is -1.25. The topological polar surface area (TPSA) is 84.9 Å². The van der Waals surface area contributed by atoms with E-state index in [0.29, 0.717) is 11.3 Å². The highest BCUT2D eigenvalue weighted by molar-refractivity contribution is 6.09. The zero-order chi connectivity index (χ0) is 18.9. The molecule has 1 aliphatic rings. The molecule has 1 N–H and O–H groups in total. The average molecular weight is 348 g/mol. The molecule has 0 aliphatic carbocycles. The Kier molecular flexibility index (Phi) is 5.06. The summed E-state index contributed by atoms with van der Waals surface area (Å²) in [6.45, 7) is 8.37.